The molecule has 162 valence electrons. The maximum Gasteiger partial charge on any atom is 0.218 e. The molecule has 3 aliphatic rings. The third kappa shape index (κ3) is 3.57. The Bertz CT molecular complexity index is 1170. The second-order valence-electron chi connectivity index (χ2n) is 8.80. The van der Waals surface area contributed by atoms with Crippen molar-refractivity contribution in [1.29, 1.82) is 5.26 Å². The predicted molar refractivity (Wildman–Crippen MR) is 119 cm³/mol. The summed E-state index contributed by atoms with van der Waals surface area (Å²) in [6.45, 7) is 0. The Hall–Kier alpha value is -3.16. The van der Waals surface area contributed by atoms with Crippen LogP contribution in [0.5, 0.6) is 5.75 Å². The maximum absolute atomic E-state index is 10.6. The van der Waals surface area contributed by atoms with E-state index in [0.717, 1.165) is 18.7 Å². The van der Waals surface area contributed by atoms with E-state index in [0.29, 0.717) is 46.1 Å². The summed E-state index contributed by atoms with van der Waals surface area (Å²) >= 11 is 1.18. The molecule has 6 rings (SSSR count). The molecule has 2 aliphatic heterocycles. The Morgan fingerprint density at radius 3 is 2.47 bits per heavy atom. The number of rotatable bonds is 5. The van der Waals surface area contributed by atoms with Gasteiger partial charge in [0.15, 0.2) is 11.6 Å². The van der Waals surface area contributed by atoms with E-state index in [9.17, 15) is 5.11 Å². The monoisotopic (exact) mass is 446 g/mol. The number of phenolic OH excluding ortho intramolecular Hbond substituents is 1. The lowest BCUT2D eigenvalue weighted by Gasteiger charge is -2.38. The van der Waals surface area contributed by atoms with Gasteiger partial charge in [0, 0.05) is 29.7 Å². The van der Waals surface area contributed by atoms with Gasteiger partial charge in [-0.2, -0.15) is 5.26 Å². The van der Waals surface area contributed by atoms with Crippen LogP contribution < -0.4 is 10.2 Å². The van der Waals surface area contributed by atoms with Crippen LogP contribution in [0.1, 0.15) is 43.5 Å². The number of anilines is 1. The molecule has 3 atom stereocenters. The minimum absolute atomic E-state index is 0.0414. The van der Waals surface area contributed by atoms with Gasteiger partial charge in [0.25, 0.3) is 0 Å². The van der Waals surface area contributed by atoms with Gasteiger partial charge in [-0.05, 0) is 50.7 Å². The average molecular weight is 447 g/mol. The number of piperidine rings is 1. The van der Waals surface area contributed by atoms with Crippen LogP contribution in [0.2, 0.25) is 0 Å². The fourth-order valence-corrected chi connectivity index (χ4v) is 5.67. The standard InChI is InChI=1S/C22H22N8OS/c23-10-20-27-29-22(32-20)12-1-6-17(18(31)7-12)21-24-11-19(26-28-21)30(15-4-5-15)16-8-13-2-3-14(9-16)25-13/h1,6-7,11,13-16,25,31H,2-5,8-9H2/t13-,14+,16?. The summed E-state index contributed by atoms with van der Waals surface area (Å²) in [5, 5.41) is 40.8. The van der Waals surface area contributed by atoms with Gasteiger partial charge in [-0.15, -0.1) is 20.4 Å². The first-order chi connectivity index (χ1) is 15.7. The highest BCUT2D eigenvalue weighted by molar-refractivity contribution is 7.15. The molecule has 9 nitrogen and oxygen atoms in total. The van der Waals surface area contributed by atoms with E-state index in [1.54, 1.807) is 18.3 Å². The Morgan fingerprint density at radius 1 is 1.03 bits per heavy atom. The highest BCUT2D eigenvalue weighted by atomic mass is 32.1. The van der Waals surface area contributed by atoms with Crippen molar-refractivity contribution in [3.63, 3.8) is 0 Å². The number of benzene rings is 1. The number of nitrogens with zero attached hydrogens (tertiary/aromatic N) is 7. The molecule has 0 radical (unpaired) electrons. The van der Waals surface area contributed by atoms with Crippen LogP contribution in [0.25, 0.3) is 22.0 Å². The number of nitrogens with one attached hydrogen (secondary N) is 1. The fraction of sp³-hybridized carbons (Fsp3) is 0.455. The topological polar surface area (TPSA) is 124 Å². The largest absolute Gasteiger partial charge is 0.507 e. The molecule has 2 bridgehead atoms. The summed E-state index contributed by atoms with van der Waals surface area (Å²) in [6, 6.07) is 9.39. The zero-order valence-corrected chi connectivity index (χ0v) is 18.2. The quantitative estimate of drug-likeness (QED) is 0.609. The van der Waals surface area contributed by atoms with Crippen molar-refractivity contribution >= 4 is 17.2 Å². The second-order valence-corrected chi connectivity index (χ2v) is 9.78. The minimum Gasteiger partial charge on any atom is -0.507 e. The molecule has 32 heavy (non-hydrogen) atoms. The van der Waals surface area contributed by atoms with Crippen molar-refractivity contribution in [2.24, 2.45) is 0 Å². The van der Waals surface area contributed by atoms with Gasteiger partial charge in [0.2, 0.25) is 5.01 Å². The summed E-state index contributed by atoms with van der Waals surface area (Å²) in [5.74, 6) is 1.25. The molecule has 3 fully saturated rings. The maximum atomic E-state index is 10.6. The molecular formula is C22H22N8OS. The second kappa shape index (κ2) is 7.76. The zero-order chi connectivity index (χ0) is 21.7. The first-order valence-electron chi connectivity index (χ1n) is 11.0. The van der Waals surface area contributed by atoms with Crippen LogP contribution >= 0.6 is 11.3 Å². The molecule has 2 saturated heterocycles. The van der Waals surface area contributed by atoms with Gasteiger partial charge in [-0.3, -0.25) is 0 Å². The van der Waals surface area contributed by atoms with Crippen molar-refractivity contribution < 1.29 is 5.11 Å². The van der Waals surface area contributed by atoms with Gasteiger partial charge in [-0.25, -0.2) is 4.98 Å². The van der Waals surface area contributed by atoms with E-state index in [-0.39, 0.29) is 10.8 Å². The molecule has 0 amide bonds. The number of hydrogen-bond donors (Lipinski definition) is 2. The van der Waals surface area contributed by atoms with E-state index in [1.807, 2.05) is 12.1 Å². The van der Waals surface area contributed by atoms with E-state index < -0.39 is 0 Å². The number of aromatic hydroxyl groups is 1. The lowest BCUT2D eigenvalue weighted by molar-refractivity contribution is 0.343. The zero-order valence-electron chi connectivity index (χ0n) is 17.3. The Labute approximate surface area is 189 Å². The lowest BCUT2D eigenvalue weighted by Crippen LogP contribution is -2.49. The van der Waals surface area contributed by atoms with E-state index in [1.165, 1.54) is 37.0 Å². The molecule has 4 heterocycles. The van der Waals surface area contributed by atoms with Crippen LogP contribution in [0.4, 0.5) is 5.82 Å². The molecular weight excluding hydrogens is 424 g/mol. The van der Waals surface area contributed by atoms with Crippen molar-refractivity contribution in [2.75, 3.05) is 4.90 Å². The number of aromatic nitrogens is 5. The van der Waals surface area contributed by atoms with E-state index in [4.69, 9.17) is 5.26 Å². The Morgan fingerprint density at radius 2 is 1.84 bits per heavy atom. The predicted octanol–water partition coefficient (Wildman–Crippen LogP) is 2.89. The van der Waals surface area contributed by atoms with Crippen molar-refractivity contribution in [3.05, 3.63) is 29.4 Å². The minimum atomic E-state index is 0.0414. The Kier molecular flexibility index (Phi) is 4.73. The fourth-order valence-electron chi connectivity index (χ4n) is 5.03. The highest BCUT2D eigenvalue weighted by Crippen LogP contribution is 2.39. The van der Waals surface area contributed by atoms with Gasteiger partial charge >= 0.3 is 0 Å². The number of fused-ring (bicyclic) bond motifs is 2. The van der Waals surface area contributed by atoms with Crippen LogP contribution in [0.3, 0.4) is 0 Å². The Balaban J connectivity index is 1.24. The van der Waals surface area contributed by atoms with Gasteiger partial charge < -0.3 is 15.3 Å². The summed E-state index contributed by atoms with van der Waals surface area (Å²) in [6.07, 6.45) is 9.03. The lowest BCUT2D eigenvalue weighted by atomic mass is 9.98. The number of nitriles is 1. The molecule has 1 unspecified atom stereocenters. The molecule has 1 saturated carbocycles. The SMILES string of the molecule is N#Cc1nnc(-c2ccc(-c3ncc(N(C4CC4)C4C[C@H]5CC[C@@H](C4)N5)nn3)c(O)c2)s1. The molecule has 10 heteroatoms. The van der Waals surface area contributed by atoms with Crippen LogP contribution in [-0.4, -0.2) is 54.7 Å². The van der Waals surface area contributed by atoms with Crippen LogP contribution in [0, 0.1) is 11.3 Å². The summed E-state index contributed by atoms with van der Waals surface area (Å²) in [4.78, 5) is 7.00. The van der Waals surface area contributed by atoms with Crippen molar-refractivity contribution in [3.8, 4) is 33.8 Å². The normalized spacial score (nSPS) is 24.3. The molecule has 1 aliphatic carbocycles. The van der Waals surface area contributed by atoms with Gasteiger partial charge in [0.1, 0.15) is 16.8 Å². The summed E-state index contributed by atoms with van der Waals surface area (Å²) in [5.41, 5.74) is 1.20. The molecule has 0 spiro atoms. The van der Waals surface area contributed by atoms with Gasteiger partial charge in [0.05, 0.1) is 11.8 Å². The van der Waals surface area contributed by atoms with E-state index >= 15 is 0 Å². The highest BCUT2D eigenvalue weighted by Gasteiger charge is 2.41. The first-order valence-corrected chi connectivity index (χ1v) is 11.8. The first kappa shape index (κ1) is 19.5. The van der Waals surface area contributed by atoms with Crippen LogP contribution in [-0.2, 0) is 0 Å². The molecule has 2 aromatic heterocycles. The molecule has 3 aromatic rings. The third-order valence-corrected chi connectivity index (χ3v) is 7.48. The molecule has 1 aromatic carbocycles. The number of phenols is 1. The van der Waals surface area contributed by atoms with Crippen LogP contribution in [0.15, 0.2) is 24.4 Å². The summed E-state index contributed by atoms with van der Waals surface area (Å²) < 4.78 is 0. The third-order valence-electron chi connectivity index (χ3n) is 6.60. The summed E-state index contributed by atoms with van der Waals surface area (Å²) in [7, 11) is 0. The van der Waals surface area contributed by atoms with Crippen molar-refractivity contribution in [1.82, 2.24) is 30.7 Å². The van der Waals surface area contributed by atoms with Gasteiger partial charge in [-0.1, -0.05) is 17.4 Å². The average Bonchev–Trinajstić information content (AvgIpc) is 3.41. The number of hydrogen-bond acceptors (Lipinski definition) is 10. The van der Waals surface area contributed by atoms with E-state index in [2.05, 4.69) is 35.6 Å². The molecule has 2 N–H and O–H groups in total. The van der Waals surface area contributed by atoms with Crippen molar-refractivity contribution in [2.45, 2.75) is 62.7 Å². The smallest absolute Gasteiger partial charge is 0.218 e.